The number of urea groups is 1. The quantitative estimate of drug-likeness (QED) is 0.772. The Bertz CT molecular complexity index is 698. The number of benzene rings is 1. The zero-order chi connectivity index (χ0) is 21.5. The van der Waals surface area contributed by atoms with Crippen LogP contribution in [0.3, 0.4) is 0 Å². The largest absolute Gasteiger partial charge is 0.345 e. The third-order valence-corrected chi connectivity index (χ3v) is 6.52. The number of piperidine rings is 1. The summed E-state index contributed by atoms with van der Waals surface area (Å²) in [5.74, 6) is -0.00791. The summed E-state index contributed by atoms with van der Waals surface area (Å²) in [6.07, 6.45) is 8.92. The highest BCUT2D eigenvalue weighted by atomic mass is 16.2. The van der Waals surface area contributed by atoms with Gasteiger partial charge in [0.15, 0.2) is 0 Å². The number of likely N-dealkylation sites (tertiary alicyclic amines) is 1. The Kier molecular flexibility index (Phi) is 8.14. The lowest BCUT2D eigenvalue weighted by Gasteiger charge is -2.40. The number of carbonyl (C=O) groups is 2. The number of amides is 3. The summed E-state index contributed by atoms with van der Waals surface area (Å²) in [6, 6.07) is 8.53. The van der Waals surface area contributed by atoms with Crippen molar-refractivity contribution in [3.05, 3.63) is 35.4 Å². The van der Waals surface area contributed by atoms with Crippen LogP contribution >= 0.6 is 0 Å². The molecule has 1 unspecified atom stereocenters. The Morgan fingerprint density at radius 1 is 1.03 bits per heavy atom. The van der Waals surface area contributed by atoms with Crippen molar-refractivity contribution < 1.29 is 9.59 Å². The molecule has 3 amide bonds. The van der Waals surface area contributed by atoms with Crippen molar-refractivity contribution >= 4 is 11.9 Å². The lowest BCUT2D eigenvalue weighted by molar-refractivity contribution is 0.0827. The van der Waals surface area contributed by atoms with E-state index in [1.54, 1.807) is 19.0 Å². The van der Waals surface area contributed by atoms with Gasteiger partial charge in [0.2, 0.25) is 0 Å². The van der Waals surface area contributed by atoms with Gasteiger partial charge in [-0.2, -0.15) is 0 Å². The van der Waals surface area contributed by atoms with Gasteiger partial charge in [0.1, 0.15) is 0 Å². The van der Waals surface area contributed by atoms with Crippen LogP contribution in [0.4, 0.5) is 4.79 Å². The molecule has 1 aromatic carbocycles. The van der Waals surface area contributed by atoms with Gasteiger partial charge in [0.25, 0.3) is 5.91 Å². The Morgan fingerprint density at radius 2 is 1.73 bits per heavy atom. The lowest BCUT2D eigenvalue weighted by atomic mass is 9.92. The summed E-state index contributed by atoms with van der Waals surface area (Å²) in [5.41, 5.74) is 1.70. The Morgan fingerprint density at radius 3 is 2.37 bits per heavy atom. The lowest BCUT2D eigenvalue weighted by Crippen LogP contribution is -2.53. The smallest absolute Gasteiger partial charge is 0.317 e. The summed E-state index contributed by atoms with van der Waals surface area (Å²) in [4.78, 5) is 31.0. The van der Waals surface area contributed by atoms with Crippen molar-refractivity contribution in [2.24, 2.45) is 0 Å². The minimum absolute atomic E-state index is 0.00791. The standard InChI is InChI=1S/C24H38N4O2/c1-4-27(17-19-12-14-20(15-13-19)23(29)26(2)3)24(30)25-21-9-8-16-28(18-21)22-10-6-5-7-11-22/h12-15,21-22H,4-11,16-18H2,1-3H3,(H,25,30). The molecular weight excluding hydrogens is 376 g/mol. The first kappa shape index (κ1) is 22.6. The van der Waals surface area contributed by atoms with E-state index in [2.05, 4.69) is 10.2 Å². The van der Waals surface area contributed by atoms with Crippen molar-refractivity contribution in [1.29, 1.82) is 0 Å². The van der Waals surface area contributed by atoms with Gasteiger partial charge in [-0.25, -0.2) is 4.79 Å². The molecule has 0 radical (unpaired) electrons. The molecule has 1 saturated heterocycles. The molecule has 2 aliphatic rings. The Hall–Kier alpha value is -2.08. The van der Waals surface area contributed by atoms with Crippen LogP contribution in [0.25, 0.3) is 0 Å². The Balaban J connectivity index is 1.53. The molecule has 1 heterocycles. The minimum atomic E-state index is -0.00791. The van der Waals surface area contributed by atoms with E-state index in [0.29, 0.717) is 24.7 Å². The van der Waals surface area contributed by atoms with Crippen LogP contribution in [-0.2, 0) is 6.54 Å². The van der Waals surface area contributed by atoms with Crippen molar-refractivity contribution in [2.45, 2.75) is 70.5 Å². The molecule has 0 bridgehead atoms. The van der Waals surface area contributed by atoms with Gasteiger partial charge in [0.05, 0.1) is 0 Å². The number of rotatable bonds is 6. The van der Waals surface area contributed by atoms with Gasteiger partial charge in [-0.3, -0.25) is 9.69 Å². The molecule has 0 spiro atoms. The summed E-state index contributed by atoms with van der Waals surface area (Å²) in [5, 5.41) is 3.29. The first-order valence-electron chi connectivity index (χ1n) is 11.6. The molecule has 1 atom stereocenters. The van der Waals surface area contributed by atoms with E-state index in [1.807, 2.05) is 36.1 Å². The average molecular weight is 415 g/mol. The number of carbonyl (C=O) groups excluding carboxylic acids is 2. The van der Waals surface area contributed by atoms with E-state index in [-0.39, 0.29) is 18.0 Å². The molecular formula is C24H38N4O2. The van der Waals surface area contributed by atoms with Crippen molar-refractivity contribution in [3.63, 3.8) is 0 Å². The second-order valence-corrected chi connectivity index (χ2v) is 8.99. The van der Waals surface area contributed by atoms with E-state index in [9.17, 15) is 9.59 Å². The summed E-state index contributed by atoms with van der Waals surface area (Å²) in [6.45, 7) is 5.38. The average Bonchev–Trinajstić information content (AvgIpc) is 2.78. The van der Waals surface area contributed by atoms with Gasteiger partial charge in [-0.05, 0) is 56.8 Å². The molecule has 30 heavy (non-hydrogen) atoms. The van der Waals surface area contributed by atoms with Crippen LogP contribution in [0.1, 0.15) is 67.8 Å². The van der Waals surface area contributed by atoms with Crippen molar-refractivity contribution in [2.75, 3.05) is 33.7 Å². The number of nitrogens with zero attached hydrogens (tertiary/aromatic N) is 3. The van der Waals surface area contributed by atoms with Crippen molar-refractivity contribution in [1.82, 2.24) is 20.0 Å². The fourth-order valence-electron chi connectivity index (χ4n) is 4.73. The van der Waals surface area contributed by atoms with Crippen LogP contribution in [0.2, 0.25) is 0 Å². The number of hydrogen-bond donors (Lipinski definition) is 1. The highest BCUT2D eigenvalue weighted by molar-refractivity contribution is 5.93. The molecule has 1 saturated carbocycles. The van der Waals surface area contributed by atoms with E-state index < -0.39 is 0 Å². The molecule has 1 aromatic rings. The first-order valence-corrected chi connectivity index (χ1v) is 11.6. The Labute approximate surface area is 181 Å². The number of nitrogens with one attached hydrogen (secondary N) is 1. The third-order valence-electron chi connectivity index (χ3n) is 6.52. The molecule has 1 N–H and O–H groups in total. The minimum Gasteiger partial charge on any atom is -0.345 e. The van der Waals surface area contributed by atoms with Gasteiger partial charge in [-0.1, -0.05) is 31.4 Å². The zero-order valence-corrected chi connectivity index (χ0v) is 18.9. The first-order chi connectivity index (χ1) is 14.5. The molecule has 6 heteroatoms. The predicted molar refractivity (Wildman–Crippen MR) is 121 cm³/mol. The van der Waals surface area contributed by atoms with Crippen LogP contribution in [-0.4, -0.2) is 72.5 Å². The fraction of sp³-hybridized carbons (Fsp3) is 0.667. The van der Waals surface area contributed by atoms with Gasteiger partial charge in [0, 0.05) is 51.4 Å². The summed E-state index contributed by atoms with van der Waals surface area (Å²) in [7, 11) is 3.50. The summed E-state index contributed by atoms with van der Waals surface area (Å²) >= 11 is 0. The molecule has 1 aliphatic carbocycles. The van der Waals surface area contributed by atoms with Crippen LogP contribution in [0.15, 0.2) is 24.3 Å². The van der Waals surface area contributed by atoms with E-state index in [4.69, 9.17) is 0 Å². The van der Waals surface area contributed by atoms with Crippen LogP contribution in [0, 0.1) is 0 Å². The SMILES string of the molecule is CCN(Cc1ccc(C(=O)N(C)C)cc1)C(=O)NC1CCCN(C2CCCCC2)C1. The molecule has 0 aromatic heterocycles. The van der Waals surface area contributed by atoms with E-state index in [1.165, 1.54) is 38.6 Å². The molecule has 166 valence electrons. The maximum absolute atomic E-state index is 12.9. The normalized spacial score (nSPS) is 20.6. The van der Waals surface area contributed by atoms with Gasteiger partial charge >= 0.3 is 6.03 Å². The number of hydrogen-bond acceptors (Lipinski definition) is 3. The maximum Gasteiger partial charge on any atom is 0.317 e. The molecule has 6 nitrogen and oxygen atoms in total. The maximum atomic E-state index is 12.9. The van der Waals surface area contributed by atoms with Crippen LogP contribution in [0.5, 0.6) is 0 Å². The van der Waals surface area contributed by atoms with E-state index in [0.717, 1.165) is 24.9 Å². The topological polar surface area (TPSA) is 55.9 Å². The van der Waals surface area contributed by atoms with Crippen molar-refractivity contribution in [3.8, 4) is 0 Å². The molecule has 1 aliphatic heterocycles. The van der Waals surface area contributed by atoms with Gasteiger partial charge < -0.3 is 15.1 Å². The third kappa shape index (κ3) is 5.97. The fourth-order valence-corrected chi connectivity index (χ4v) is 4.73. The highest BCUT2D eigenvalue weighted by Crippen LogP contribution is 2.25. The monoisotopic (exact) mass is 414 g/mol. The van der Waals surface area contributed by atoms with Crippen LogP contribution < -0.4 is 5.32 Å². The zero-order valence-electron chi connectivity index (χ0n) is 18.9. The van der Waals surface area contributed by atoms with E-state index >= 15 is 0 Å². The second-order valence-electron chi connectivity index (χ2n) is 8.99. The predicted octanol–water partition coefficient (Wildman–Crippen LogP) is 3.72. The summed E-state index contributed by atoms with van der Waals surface area (Å²) < 4.78 is 0. The highest BCUT2D eigenvalue weighted by Gasteiger charge is 2.28. The van der Waals surface area contributed by atoms with Gasteiger partial charge in [-0.15, -0.1) is 0 Å². The second kappa shape index (κ2) is 10.8. The molecule has 2 fully saturated rings. The molecule has 3 rings (SSSR count).